The van der Waals surface area contributed by atoms with Crippen LogP contribution in [0.4, 0.5) is 5.69 Å². The first-order valence-electron chi connectivity index (χ1n) is 9.33. The number of sulfonamides is 1. The number of rotatable bonds is 6. The molecule has 0 saturated carbocycles. The number of carbonyl (C=O) groups is 1. The number of carbonyl (C=O) groups excluding carboxylic acids is 1. The normalized spacial score (nSPS) is 17.3. The SMILES string of the molecule is COc1ccc(N([C@@H](C)C(=O)N[C@@H]2CCCc3ccccc32)S(C)(=O)=O)cc1. The topological polar surface area (TPSA) is 75.7 Å². The van der Waals surface area contributed by atoms with Crippen molar-refractivity contribution in [3.05, 3.63) is 59.7 Å². The number of amides is 1. The van der Waals surface area contributed by atoms with Crippen molar-refractivity contribution in [2.75, 3.05) is 17.7 Å². The molecule has 0 saturated heterocycles. The number of nitrogens with zero attached hydrogens (tertiary/aromatic N) is 1. The molecular weight excluding hydrogens is 376 g/mol. The van der Waals surface area contributed by atoms with Crippen molar-refractivity contribution in [3.63, 3.8) is 0 Å². The van der Waals surface area contributed by atoms with E-state index < -0.39 is 16.1 Å². The second-order valence-electron chi connectivity index (χ2n) is 7.09. The van der Waals surface area contributed by atoms with Crippen molar-refractivity contribution in [2.24, 2.45) is 0 Å². The fourth-order valence-corrected chi connectivity index (χ4v) is 4.91. The summed E-state index contributed by atoms with van der Waals surface area (Å²) in [7, 11) is -2.11. The number of anilines is 1. The highest BCUT2D eigenvalue weighted by Crippen LogP contribution is 2.30. The molecule has 0 bridgehead atoms. The van der Waals surface area contributed by atoms with Crippen LogP contribution in [0.15, 0.2) is 48.5 Å². The molecule has 7 heteroatoms. The molecule has 0 radical (unpaired) electrons. The van der Waals surface area contributed by atoms with Gasteiger partial charge in [0.05, 0.1) is 25.1 Å². The standard InChI is InChI=1S/C21H26N2O4S/c1-15(23(28(3,25)26)17-11-13-18(27-2)14-12-17)21(24)22-20-10-6-8-16-7-4-5-9-19(16)20/h4-5,7,9,11-15,20H,6,8,10H2,1-3H3,(H,22,24)/t15-,20+/m0/s1. The molecule has 2 aromatic carbocycles. The third kappa shape index (κ3) is 4.30. The lowest BCUT2D eigenvalue weighted by molar-refractivity contribution is -0.122. The first-order chi connectivity index (χ1) is 13.3. The van der Waals surface area contributed by atoms with Gasteiger partial charge in [0.25, 0.3) is 0 Å². The Morgan fingerprint density at radius 3 is 2.50 bits per heavy atom. The molecule has 28 heavy (non-hydrogen) atoms. The van der Waals surface area contributed by atoms with Gasteiger partial charge < -0.3 is 10.1 Å². The first kappa shape index (κ1) is 20.2. The Morgan fingerprint density at radius 1 is 1.18 bits per heavy atom. The molecule has 0 heterocycles. The van der Waals surface area contributed by atoms with E-state index >= 15 is 0 Å². The van der Waals surface area contributed by atoms with Crippen molar-refractivity contribution < 1.29 is 17.9 Å². The zero-order chi connectivity index (χ0) is 20.3. The van der Waals surface area contributed by atoms with Crippen LogP contribution in [0.2, 0.25) is 0 Å². The number of nitrogens with one attached hydrogen (secondary N) is 1. The summed E-state index contributed by atoms with van der Waals surface area (Å²) in [6, 6.07) is 13.7. The average Bonchev–Trinajstić information content (AvgIpc) is 2.68. The van der Waals surface area contributed by atoms with Gasteiger partial charge in [-0.15, -0.1) is 0 Å². The van der Waals surface area contributed by atoms with Crippen LogP contribution < -0.4 is 14.4 Å². The Bertz CT molecular complexity index is 941. The number of aryl methyl sites for hydroxylation is 1. The van der Waals surface area contributed by atoms with Gasteiger partial charge in [0.15, 0.2) is 0 Å². The lowest BCUT2D eigenvalue weighted by atomic mass is 9.87. The average molecular weight is 403 g/mol. The first-order valence-corrected chi connectivity index (χ1v) is 11.2. The molecule has 2 atom stereocenters. The Balaban J connectivity index is 1.83. The van der Waals surface area contributed by atoms with Gasteiger partial charge in [-0.3, -0.25) is 9.10 Å². The second kappa shape index (κ2) is 8.22. The van der Waals surface area contributed by atoms with E-state index in [1.54, 1.807) is 38.3 Å². The maximum Gasteiger partial charge on any atom is 0.244 e. The van der Waals surface area contributed by atoms with Crippen molar-refractivity contribution in [1.82, 2.24) is 5.32 Å². The number of methoxy groups -OCH3 is 1. The molecule has 0 unspecified atom stereocenters. The van der Waals surface area contributed by atoms with E-state index in [0.717, 1.165) is 35.4 Å². The van der Waals surface area contributed by atoms with Crippen LogP contribution in [0.1, 0.15) is 36.9 Å². The predicted molar refractivity (Wildman–Crippen MR) is 110 cm³/mol. The van der Waals surface area contributed by atoms with Gasteiger partial charge in [-0.05, 0) is 61.6 Å². The fourth-order valence-electron chi connectivity index (χ4n) is 3.73. The minimum Gasteiger partial charge on any atom is -0.497 e. The van der Waals surface area contributed by atoms with Crippen molar-refractivity contribution in [3.8, 4) is 5.75 Å². The molecule has 0 aromatic heterocycles. The summed E-state index contributed by atoms with van der Waals surface area (Å²) in [6.45, 7) is 1.61. The fraction of sp³-hybridized carbons (Fsp3) is 0.381. The third-order valence-corrected chi connectivity index (χ3v) is 6.34. The predicted octanol–water partition coefficient (Wildman–Crippen LogP) is 3.04. The van der Waals surface area contributed by atoms with Crippen LogP contribution in [0.3, 0.4) is 0 Å². The highest BCUT2D eigenvalue weighted by atomic mass is 32.2. The molecule has 1 amide bonds. The minimum atomic E-state index is -3.65. The van der Waals surface area contributed by atoms with Gasteiger partial charge in [0.2, 0.25) is 15.9 Å². The molecule has 0 fully saturated rings. The molecule has 0 aliphatic heterocycles. The van der Waals surface area contributed by atoms with Gasteiger partial charge in [-0.2, -0.15) is 0 Å². The Labute approximate surface area is 166 Å². The number of benzene rings is 2. The van der Waals surface area contributed by atoms with Gasteiger partial charge >= 0.3 is 0 Å². The van der Waals surface area contributed by atoms with E-state index in [-0.39, 0.29) is 11.9 Å². The van der Waals surface area contributed by atoms with E-state index in [1.807, 2.05) is 18.2 Å². The molecule has 6 nitrogen and oxygen atoms in total. The molecule has 2 aromatic rings. The Morgan fingerprint density at radius 2 is 1.86 bits per heavy atom. The zero-order valence-corrected chi connectivity index (χ0v) is 17.2. The summed E-state index contributed by atoms with van der Waals surface area (Å²) in [5.74, 6) is 0.302. The van der Waals surface area contributed by atoms with Crippen LogP contribution >= 0.6 is 0 Å². The van der Waals surface area contributed by atoms with E-state index in [1.165, 1.54) is 5.56 Å². The van der Waals surface area contributed by atoms with Crippen LogP contribution in [0.25, 0.3) is 0 Å². The van der Waals surface area contributed by atoms with E-state index in [2.05, 4.69) is 11.4 Å². The number of hydrogen-bond acceptors (Lipinski definition) is 4. The summed E-state index contributed by atoms with van der Waals surface area (Å²) in [5.41, 5.74) is 2.78. The quantitative estimate of drug-likeness (QED) is 0.806. The van der Waals surface area contributed by atoms with Gasteiger partial charge in [-0.25, -0.2) is 8.42 Å². The summed E-state index contributed by atoms with van der Waals surface area (Å²) in [4.78, 5) is 13.0. The van der Waals surface area contributed by atoms with Gasteiger partial charge in [0, 0.05) is 0 Å². The zero-order valence-electron chi connectivity index (χ0n) is 16.4. The third-order valence-electron chi connectivity index (χ3n) is 5.10. The van der Waals surface area contributed by atoms with Gasteiger partial charge in [0.1, 0.15) is 11.8 Å². The number of fused-ring (bicyclic) bond motifs is 1. The lowest BCUT2D eigenvalue weighted by Crippen LogP contribution is -2.49. The minimum absolute atomic E-state index is 0.0998. The van der Waals surface area contributed by atoms with Crippen LogP contribution in [-0.4, -0.2) is 33.7 Å². The van der Waals surface area contributed by atoms with Crippen molar-refractivity contribution in [2.45, 2.75) is 38.3 Å². The Hall–Kier alpha value is -2.54. The smallest absolute Gasteiger partial charge is 0.244 e. The van der Waals surface area contributed by atoms with Crippen LogP contribution in [-0.2, 0) is 21.2 Å². The van der Waals surface area contributed by atoms with E-state index in [9.17, 15) is 13.2 Å². The molecule has 1 aliphatic carbocycles. The van der Waals surface area contributed by atoms with Crippen LogP contribution in [0.5, 0.6) is 5.75 Å². The molecule has 1 aliphatic rings. The van der Waals surface area contributed by atoms with Crippen LogP contribution in [0, 0.1) is 0 Å². The number of hydrogen-bond donors (Lipinski definition) is 1. The highest BCUT2D eigenvalue weighted by Gasteiger charge is 2.31. The van der Waals surface area contributed by atoms with E-state index in [0.29, 0.717) is 11.4 Å². The molecule has 1 N–H and O–H groups in total. The molecule has 0 spiro atoms. The molecule has 150 valence electrons. The highest BCUT2D eigenvalue weighted by molar-refractivity contribution is 7.92. The van der Waals surface area contributed by atoms with Crippen molar-refractivity contribution in [1.29, 1.82) is 0 Å². The maximum atomic E-state index is 13.0. The van der Waals surface area contributed by atoms with Gasteiger partial charge in [-0.1, -0.05) is 24.3 Å². The maximum absolute atomic E-state index is 13.0. The van der Waals surface area contributed by atoms with Crippen molar-refractivity contribution >= 4 is 21.6 Å². The van der Waals surface area contributed by atoms with E-state index in [4.69, 9.17) is 4.74 Å². The monoisotopic (exact) mass is 402 g/mol. The molecular formula is C21H26N2O4S. The summed E-state index contributed by atoms with van der Waals surface area (Å²) >= 11 is 0. The summed E-state index contributed by atoms with van der Waals surface area (Å²) < 4.78 is 31.2. The summed E-state index contributed by atoms with van der Waals surface area (Å²) in [6.07, 6.45) is 3.94. The Kier molecular flexibility index (Phi) is 5.93. The number of ether oxygens (including phenoxy) is 1. The molecule has 3 rings (SSSR count). The second-order valence-corrected chi connectivity index (χ2v) is 8.94. The lowest BCUT2D eigenvalue weighted by Gasteiger charge is -2.31. The largest absolute Gasteiger partial charge is 0.497 e. The summed E-state index contributed by atoms with van der Waals surface area (Å²) in [5, 5.41) is 3.05.